The number of nitrogens with zero attached hydrogens (tertiary/aromatic N) is 2. The van der Waals surface area contributed by atoms with Gasteiger partial charge >= 0.3 is 0 Å². The molecule has 0 radical (unpaired) electrons. The van der Waals surface area contributed by atoms with Crippen molar-refractivity contribution in [3.05, 3.63) is 59.4 Å². The maximum absolute atomic E-state index is 13.7. The smallest absolute Gasteiger partial charge is 0.228 e. The first-order valence-corrected chi connectivity index (χ1v) is 8.60. The van der Waals surface area contributed by atoms with Gasteiger partial charge in [-0.15, -0.1) is 0 Å². The van der Waals surface area contributed by atoms with Gasteiger partial charge in [0.25, 0.3) is 0 Å². The lowest BCUT2D eigenvalue weighted by Gasteiger charge is -2.34. The Kier molecular flexibility index (Phi) is 5.34. The van der Waals surface area contributed by atoms with E-state index in [2.05, 4.69) is 28.2 Å². The topological polar surface area (TPSA) is 35.6 Å². The van der Waals surface area contributed by atoms with E-state index in [9.17, 15) is 9.18 Å². The van der Waals surface area contributed by atoms with Crippen LogP contribution in [0.25, 0.3) is 0 Å². The van der Waals surface area contributed by atoms with E-state index in [1.807, 2.05) is 19.1 Å². The van der Waals surface area contributed by atoms with Gasteiger partial charge in [0.2, 0.25) is 5.91 Å². The number of benzene rings is 2. The van der Waals surface area contributed by atoms with Crippen molar-refractivity contribution in [2.75, 3.05) is 43.4 Å². The van der Waals surface area contributed by atoms with Crippen LogP contribution < -0.4 is 10.2 Å². The highest BCUT2D eigenvalue weighted by Gasteiger charge is 2.15. The molecule has 0 bridgehead atoms. The number of rotatable bonds is 4. The number of aryl methyl sites for hydroxylation is 1. The highest BCUT2D eigenvalue weighted by molar-refractivity contribution is 5.93. The van der Waals surface area contributed by atoms with Crippen LogP contribution in [-0.2, 0) is 11.2 Å². The quantitative estimate of drug-likeness (QED) is 0.928. The molecule has 2 aromatic rings. The Morgan fingerprint density at radius 2 is 1.84 bits per heavy atom. The molecule has 0 saturated carbocycles. The van der Waals surface area contributed by atoms with Crippen LogP contribution in [0, 0.1) is 12.7 Å². The summed E-state index contributed by atoms with van der Waals surface area (Å²) in [6.45, 7) is 6.11. The molecule has 0 aromatic heterocycles. The zero-order valence-corrected chi connectivity index (χ0v) is 14.8. The summed E-state index contributed by atoms with van der Waals surface area (Å²) in [7, 11) is 2.14. The van der Waals surface area contributed by atoms with E-state index >= 15 is 0 Å². The fourth-order valence-corrected chi connectivity index (χ4v) is 3.06. The van der Waals surface area contributed by atoms with Gasteiger partial charge < -0.3 is 15.1 Å². The first-order valence-electron chi connectivity index (χ1n) is 8.60. The summed E-state index contributed by atoms with van der Waals surface area (Å²) >= 11 is 0. The highest BCUT2D eigenvalue weighted by Crippen LogP contribution is 2.24. The van der Waals surface area contributed by atoms with Crippen LogP contribution in [0.3, 0.4) is 0 Å². The maximum Gasteiger partial charge on any atom is 0.228 e. The van der Waals surface area contributed by atoms with Crippen LogP contribution in [-0.4, -0.2) is 44.0 Å². The molecule has 1 aliphatic heterocycles. The maximum atomic E-state index is 13.7. The fourth-order valence-electron chi connectivity index (χ4n) is 3.06. The van der Waals surface area contributed by atoms with E-state index in [0.29, 0.717) is 5.56 Å². The van der Waals surface area contributed by atoms with Gasteiger partial charge in [-0.2, -0.15) is 0 Å². The normalized spacial score (nSPS) is 15.2. The summed E-state index contributed by atoms with van der Waals surface area (Å²) < 4.78 is 13.7. The fraction of sp³-hybridized carbons (Fsp3) is 0.350. The minimum absolute atomic E-state index is 0.0341. The lowest BCUT2D eigenvalue weighted by atomic mass is 10.1. The van der Waals surface area contributed by atoms with Gasteiger partial charge in [0.15, 0.2) is 0 Å². The molecule has 132 valence electrons. The Balaban J connectivity index is 1.65. The number of hydrogen-bond acceptors (Lipinski definition) is 3. The summed E-state index contributed by atoms with van der Waals surface area (Å²) in [4.78, 5) is 16.9. The SMILES string of the molecule is Cc1cc(N2CCN(C)CC2)ccc1NC(=O)Cc1ccccc1F. The molecule has 0 spiro atoms. The summed E-state index contributed by atoms with van der Waals surface area (Å²) in [5.41, 5.74) is 3.38. The van der Waals surface area contributed by atoms with E-state index in [4.69, 9.17) is 0 Å². The lowest BCUT2D eigenvalue weighted by Crippen LogP contribution is -2.44. The van der Waals surface area contributed by atoms with Gasteiger partial charge in [0, 0.05) is 37.6 Å². The summed E-state index contributed by atoms with van der Waals surface area (Å²) in [6, 6.07) is 12.4. The monoisotopic (exact) mass is 341 g/mol. The van der Waals surface area contributed by atoms with Crippen LogP contribution >= 0.6 is 0 Å². The van der Waals surface area contributed by atoms with Gasteiger partial charge in [-0.1, -0.05) is 18.2 Å². The molecule has 1 amide bonds. The Bertz CT molecular complexity index is 754. The van der Waals surface area contributed by atoms with E-state index in [1.165, 1.54) is 11.8 Å². The Morgan fingerprint density at radius 1 is 1.12 bits per heavy atom. The molecular formula is C20H24FN3O. The number of amides is 1. The molecular weight excluding hydrogens is 317 g/mol. The van der Waals surface area contributed by atoms with Crippen molar-refractivity contribution in [2.45, 2.75) is 13.3 Å². The second kappa shape index (κ2) is 7.66. The summed E-state index contributed by atoms with van der Waals surface area (Å²) in [6.07, 6.45) is 0.0341. The predicted octanol–water partition coefficient (Wildman–Crippen LogP) is 3.07. The highest BCUT2D eigenvalue weighted by atomic mass is 19.1. The number of halogens is 1. The molecule has 4 nitrogen and oxygen atoms in total. The lowest BCUT2D eigenvalue weighted by molar-refractivity contribution is -0.115. The van der Waals surface area contributed by atoms with E-state index in [0.717, 1.165) is 37.4 Å². The standard InChI is InChI=1S/C20H24FN3O/c1-15-13-17(24-11-9-23(2)10-12-24)7-8-19(15)22-20(25)14-16-5-3-4-6-18(16)21/h3-8,13H,9-12,14H2,1-2H3,(H,22,25). The third-order valence-corrected chi connectivity index (χ3v) is 4.66. The first kappa shape index (κ1) is 17.4. The van der Waals surface area contributed by atoms with Crippen LogP contribution in [0.1, 0.15) is 11.1 Å². The molecule has 5 heteroatoms. The van der Waals surface area contributed by atoms with Crippen molar-refractivity contribution in [3.63, 3.8) is 0 Å². The zero-order valence-electron chi connectivity index (χ0n) is 14.8. The molecule has 0 aliphatic carbocycles. The first-order chi connectivity index (χ1) is 12.0. The third kappa shape index (κ3) is 4.37. The second-order valence-corrected chi connectivity index (χ2v) is 6.61. The zero-order chi connectivity index (χ0) is 17.8. The van der Waals surface area contributed by atoms with Crippen molar-refractivity contribution in [1.29, 1.82) is 0 Å². The Labute approximate surface area is 148 Å². The molecule has 0 atom stereocenters. The average molecular weight is 341 g/mol. The van der Waals surface area contributed by atoms with Gasteiger partial charge in [-0.3, -0.25) is 4.79 Å². The average Bonchev–Trinajstić information content (AvgIpc) is 2.59. The molecule has 0 unspecified atom stereocenters. The summed E-state index contributed by atoms with van der Waals surface area (Å²) in [5, 5.41) is 2.89. The van der Waals surface area contributed by atoms with E-state index < -0.39 is 0 Å². The minimum atomic E-state index is -0.347. The molecule has 1 fully saturated rings. The third-order valence-electron chi connectivity index (χ3n) is 4.66. The van der Waals surface area contributed by atoms with E-state index in [1.54, 1.807) is 18.2 Å². The van der Waals surface area contributed by atoms with Gasteiger partial charge in [-0.05, 0) is 49.4 Å². The number of likely N-dealkylation sites (N-methyl/N-ethyl adjacent to an activating group) is 1. The molecule has 2 aromatic carbocycles. The molecule has 1 heterocycles. The van der Waals surface area contributed by atoms with Crippen LogP contribution in [0.2, 0.25) is 0 Å². The largest absolute Gasteiger partial charge is 0.369 e. The molecule has 25 heavy (non-hydrogen) atoms. The van der Waals surface area contributed by atoms with E-state index in [-0.39, 0.29) is 18.1 Å². The minimum Gasteiger partial charge on any atom is -0.369 e. The molecule has 1 aliphatic rings. The number of piperazine rings is 1. The number of hydrogen-bond donors (Lipinski definition) is 1. The Morgan fingerprint density at radius 3 is 2.52 bits per heavy atom. The van der Waals surface area contributed by atoms with Gasteiger partial charge in [0.1, 0.15) is 5.82 Å². The van der Waals surface area contributed by atoms with Crippen molar-refractivity contribution in [2.24, 2.45) is 0 Å². The van der Waals surface area contributed by atoms with Crippen molar-refractivity contribution in [3.8, 4) is 0 Å². The van der Waals surface area contributed by atoms with Crippen LogP contribution in [0.4, 0.5) is 15.8 Å². The van der Waals surface area contributed by atoms with Gasteiger partial charge in [-0.25, -0.2) is 4.39 Å². The van der Waals surface area contributed by atoms with Crippen molar-refractivity contribution in [1.82, 2.24) is 4.90 Å². The van der Waals surface area contributed by atoms with Crippen LogP contribution in [0.15, 0.2) is 42.5 Å². The van der Waals surface area contributed by atoms with Crippen LogP contribution in [0.5, 0.6) is 0 Å². The van der Waals surface area contributed by atoms with Crippen molar-refractivity contribution < 1.29 is 9.18 Å². The van der Waals surface area contributed by atoms with Crippen molar-refractivity contribution >= 4 is 17.3 Å². The molecule has 1 saturated heterocycles. The summed E-state index contributed by atoms with van der Waals surface area (Å²) in [5.74, 6) is -0.555. The Hall–Kier alpha value is -2.40. The number of carbonyl (C=O) groups is 1. The predicted molar refractivity (Wildman–Crippen MR) is 99.6 cm³/mol. The molecule has 3 rings (SSSR count). The number of anilines is 2. The number of carbonyl (C=O) groups excluding carboxylic acids is 1. The van der Waals surface area contributed by atoms with Gasteiger partial charge in [0.05, 0.1) is 6.42 Å². The molecule has 1 N–H and O–H groups in total. The second-order valence-electron chi connectivity index (χ2n) is 6.61. The number of nitrogens with one attached hydrogen (secondary N) is 1.